The molecule has 7 aromatic rings. The highest BCUT2D eigenvalue weighted by Crippen LogP contribution is 2.28. The fourth-order valence-corrected chi connectivity index (χ4v) is 5.33. The van der Waals surface area contributed by atoms with Crippen molar-refractivity contribution < 1.29 is 28.6 Å². The molecule has 0 N–H and O–H groups in total. The van der Waals surface area contributed by atoms with E-state index in [0.717, 1.165) is 16.7 Å². The topological polar surface area (TPSA) is 118 Å². The second kappa shape index (κ2) is 18.3. The van der Waals surface area contributed by atoms with Gasteiger partial charge in [0.05, 0.1) is 0 Å². The summed E-state index contributed by atoms with van der Waals surface area (Å²) in [4.78, 5) is 51.4. The van der Waals surface area contributed by atoms with Gasteiger partial charge in [-0.2, -0.15) is 0 Å². The Labute approximate surface area is 328 Å². The number of ketones is 3. The zero-order chi connectivity index (χ0) is 39.2. The summed E-state index contributed by atoms with van der Waals surface area (Å²) in [7, 11) is 0. The van der Waals surface area contributed by atoms with Gasteiger partial charge in [-0.25, -0.2) is 0 Å². The van der Waals surface area contributed by atoms with Crippen molar-refractivity contribution in [1.29, 1.82) is 0 Å². The van der Waals surface area contributed by atoms with Crippen molar-refractivity contribution in [2.24, 2.45) is 0 Å². The minimum absolute atomic E-state index is 0.145. The Kier molecular flexibility index (Phi) is 12.0. The predicted molar refractivity (Wildman–Crippen MR) is 219 cm³/mol. The van der Waals surface area contributed by atoms with E-state index in [2.05, 4.69) is 15.0 Å². The second-order valence-corrected chi connectivity index (χ2v) is 12.4. The number of benzene rings is 6. The molecule has 0 saturated heterocycles. The molecule has 0 aliphatic heterocycles. The van der Waals surface area contributed by atoms with Crippen molar-refractivity contribution in [3.05, 3.63) is 215 Å². The fraction of sp³-hybridized carbons (Fsp3) is 0. The van der Waals surface area contributed by atoms with Crippen molar-refractivity contribution >= 4 is 35.6 Å². The van der Waals surface area contributed by atoms with Crippen molar-refractivity contribution in [2.45, 2.75) is 0 Å². The Bertz CT molecular complexity index is 2250. The molecule has 0 amide bonds. The van der Waals surface area contributed by atoms with Crippen LogP contribution in [-0.2, 0) is 0 Å². The molecule has 0 atom stereocenters. The molecule has 57 heavy (non-hydrogen) atoms. The Morgan fingerprint density at radius 3 is 0.825 bits per heavy atom. The molecule has 0 radical (unpaired) electrons. The second-order valence-electron chi connectivity index (χ2n) is 12.4. The van der Waals surface area contributed by atoms with E-state index in [1.54, 1.807) is 91.0 Å². The first-order valence-electron chi connectivity index (χ1n) is 17.9. The molecule has 7 rings (SSSR count). The molecule has 9 heteroatoms. The highest BCUT2D eigenvalue weighted by molar-refractivity contribution is 6.08. The zero-order valence-corrected chi connectivity index (χ0v) is 30.3. The lowest BCUT2D eigenvalue weighted by Gasteiger charge is -2.10. The standard InChI is InChI=1S/C48H33N3O6/c52-43(31-16-34-10-4-1-5-11-34)37-19-25-40(26-20-37)55-46-49-47(56-41-27-21-38(22-28-41)44(53)32-17-35-12-6-2-7-13-35)51-48(50-46)57-42-29-23-39(24-30-42)45(54)33-18-36-14-8-3-9-15-36/h1-33H/b31-16+,32-17+,33-18+. The van der Waals surface area contributed by atoms with Crippen LogP contribution in [0.25, 0.3) is 18.2 Å². The van der Waals surface area contributed by atoms with Gasteiger partial charge in [0.25, 0.3) is 0 Å². The summed E-state index contributed by atoms with van der Waals surface area (Å²) in [6.45, 7) is 0. The minimum Gasteiger partial charge on any atom is -0.424 e. The molecular formula is C48H33N3O6. The number of rotatable bonds is 15. The third-order valence-corrected chi connectivity index (χ3v) is 8.30. The lowest BCUT2D eigenvalue weighted by Crippen LogP contribution is -2.02. The number of hydrogen-bond donors (Lipinski definition) is 0. The predicted octanol–water partition coefficient (Wildman–Crippen LogP) is 10.9. The van der Waals surface area contributed by atoms with Crippen LogP contribution in [0.3, 0.4) is 0 Å². The summed E-state index contributed by atoms with van der Waals surface area (Å²) in [6, 6.07) is 47.8. The third-order valence-electron chi connectivity index (χ3n) is 8.30. The van der Waals surface area contributed by atoms with E-state index in [1.807, 2.05) is 91.0 Å². The van der Waals surface area contributed by atoms with Gasteiger partial charge in [-0.3, -0.25) is 14.4 Å². The number of nitrogens with zero attached hydrogens (tertiary/aromatic N) is 3. The molecule has 9 nitrogen and oxygen atoms in total. The lowest BCUT2D eigenvalue weighted by molar-refractivity contribution is 0.103. The SMILES string of the molecule is O=C(/C=C/c1ccccc1)c1ccc(Oc2nc(Oc3ccc(C(=O)/C=C/c4ccccc4)cc3)nc(Oc3ccc(C(=O)/C=C/c4ccccc4)cc3)n2)cc1. The van der Waals surface area contributed by atoms with E-state index in [4.69, 9.17) is 14.2 Å². The summed E-state index contributed by atoms with van der Waals surface area (Å²) in [5, 5.41) is 0. The van der Waals surface area contributed by atoms with Crippen LogP contribution in [0.15, 0.2) is 182 Å². The van der Waals surface area contributed by atoms with Crippen molar-refractivity contribution in [1.82, 2.24) is 15.0 Å². The smallest absolute Gasteiger partial charge is 0.331 e. The molecule has 276 valence electrons. The van der Waals surface area contributed by atoms with Crippen LogP contribution < -0.4 is 14.2 Å². The van der Waals surface area contributed by atoms with Crippen LogP contribution in [0.5, 0.6) is 35.3 Å². The molecule has 0 unspecified atom stereocenters. The molecule has 0 fully saturated rings. The number of ether oxygens (including phenoxy) is 3. The summed E-state index contributed by atoms with van der Waals surface area (Å²) >= 11 is 0. The minimum atomic E-state index is -0.170. The highest BCUT2D eigenvalue weighted by atomic mass is 16.5. The summed E-state index contributed by atoms with van der Waals surface area (Å²) in [5.74, 6) is 0.532. The Hall–Kier alpha value is -8.04. The van der Waals surface area contributed by atoms with Gasteiger partial charge in [-0.15, -0.1) is 15.0 Å². The summed E-state index contributed by atoms with van der Waals surface area (Å²) in [6.07, 6.45) is 9.80. The van der Waals surface area contributed by atoms with Crippen molar-refractivity contribution in [3.8, 4) is 35.3 Å². The van der Waals surface area contributed by atoms with Gasteiger partial charge in [0.1, 0.15) is 17.2 Å². The first-order valence-corrected chi connectivity index (χ1v) is 17.9. The highest BCUT2D eigenvalue weighted by Gasteiger charge is 2.15. The Morgan fingerprint density at radius 1 is 0.333 bits per heavy atom. The molecule has 1 aromatic heterocycles. The Balaban J connectivity index is 1.08. The molecular weight excluding hydrogens is 715 g/mol. The van der Waals surface area contributed by atoms with Gasteiger partial charge < -0.3 is 14.2 Å². The number of hydrogen-bond acceptors (Lipinski definition) is 9. The van der Waals surface area contributed by atoms with Gasteiger partial charge >= 0.3 is 18.0 Å². The number of carbonyl (C=O) groups is 3. The fourth-order valence-electron chi connectivity index (χ4n) is 5.33. The number of aromatic nitrogens is 3. The van der Waals surface area contributed by atoms with Crippen LogP contribution in [-0.4, -0.2) is 32.3 Å². The van der Waals surface area contributed by atoms with E-state index in [1.165, 1.54) is 18.2 Å². The first kappa shape index (κ1) is 37.3. The monoisotopic (exact) mass is 747 g/mol. The average molecular weight is 748 g/mol. The van der Waals surface area contributed by atoms with Crippen LogP contribution in [0.1, 0.15) is 47.8 Å². The average Bonchev–Trinajstić information content (AvgIpc) is 3.25. The molecule has 0 spiro atoms. The number of carbonyl (C=O) groups excluding carboxylic acids is 3. The quantitative estimate of drug-likeness (QED) is 0.0746. The van der Waals surface area contributed by atoms with Gasteiger partial charge in [0, 0.05) is 16.7 Å². The van der Waals surface area contributed by atoms with E-state index in [-0.39, 0.29) is 35.4 Å². The van der Waals surface area contributed by atoms with Crippen LogP contribution in [0.2, 0.25) is 0 Å². The maximum Gasteiger partial charge on any atom is 0.331 e. The molecule has 0 aliphatic carbocycles. The molecule has 0 aliphatic rings. The van der Waals surface area contributed by atoms with Crippen LogP contribution >= 0.6 is 0 Å². The van der Waals surface area contributed by atoms with Gasteiger partial charge in [-0.1, -0.05) is 109 Å². The van der Waals surface area contributed by atoms with E-state index in [0.29, 0.717) is 33.9 Å². The van der Waals surface area contributed by atoms with Crippen molar-refractivity contribution in [3.63, 3.8) is 0 Å². The Morgan fingerprint density at radius 2 is 0.579 bits per heavy atom. The van der Waals surface area contributed by atoms with Crippen LogP contribution in [0.4, 0.5) is 0 Å². The maximum atomic E-state index is 12.8. The summed E-state index contributed by atoms with van der Waals surface area (Å²) < 4.78 is 17.9. The van der Waals surface area contributed by atoms with Crippen molar-refractivity contribution in [2.75, 3.05) is 0 Å². The normalized spacial score (nSPS) is 11.2. The lowest BCUT2D eigenvalue weighted by atomic mass is 10.1. The number of allylic oxidation sites excluding steroid dienone is 3. The summed E-state index contributed by atoms with van der Waals surface area (Å²) in [5.41, 5.74) is 4.14. The van der Waals surface area contributed by atoms with Gasteiger partial charge in [0.15, 0.2) is 17.3 Å². The van der Waals surface area contributed by atoms with Gasteiger partial charge in [-0.05, 0) is 108 Å². The van der Waals surface area contributed by atoms with E-state index < -0.39 is 0 Å². The maximum absolute atomic E-state index is 12.8. The molecule has 6 aromatic carbocycles. The van der Waals surface area contributed by atoms with Gasteiger partial charge in [0.2, 0.25) is 0 Å². The largest absolute Gasteiger partial charge is 0.424 e. The van der Waals surface area contributed by atoms with Crippen LogP contribution in [0, 0.1) is 0 Å². The molecule has 0 saturated carbocycles. The van der Waals surface area contributed by atoms with E-state index >= 15 is 0 Å². The van der Waals surface area contributed by atoms with E-state index in [9.17, 15) is 14.4 Å². The third kappa shape index (κ3) is 10.8. The molecule has 0 bridgehead atoms. The molecule has 1 heterocycles. The first-order chi connectivity index (χ1) is 27.9. The zero-order valence-electron chi connectivity index (χ0n) is 30.3.